The van der Waals surface area contributed by atoms with E-state index < -0.39 is 30.4 Å². The number of aromatic nitrogens is 3. The average Bonchev–Trinajstić information content (AvgIpc) is 3.68. The molecule has 1 radical (unpaired) electrons. The van der Waals surface area contributed by atoms with Crippen molar-refractivity contribution in [3.8, 4) is 5.75 Å². The highest BCUT2D eigenvalue weighted by Crippen LogP contribution is 2.39. The molecule has 1 fully saturated rings. The van der Waals surface area contributed by atoms with Crippen molar-refractivity contribution in [3.05, 3.63) is 75.0 Å². The van der Waals surface area contributed by atoms with E-state index in [-0.39, 0.29) is 12.0 Å². The molecule has 0 N–H and O–H groups in total. The van der Waals surface area contributed by atoms with Crippen molar-refractivity contribution in [3.63, 3.8) is 0 Å². The molecule has 1 saturated heterocycles. The van der Waals surface area contributed by atoms with Crippen LogP contribution in [-0.4, -0.2) is 33.6 Å². The number of oxime groups is 1. The Kier molecular flexibility index (Phi) is 8.31. The van der Waals surface area contributed by atoms with E-state index in [1.165, 1.54) is 16.9 Å². The maximum absolute atomic E-state index is 13.5. The number of nitrogens with zero attached hydrogens (tertiary/aromatic N) is 5. The third kappa shape index (κ3) is 6.17. The zero-order valence-electron chi connectivity index (χ0n) is 21.4. The minimum absolute atomic E-state index is 0.0705. The van der Waals surface area contributed by atoms with E-state index in [1.54, 1.807) is 0 Å². The smallest absolute Gasteiger partial charge is 0.282 e. The number of rotatable bonds is 9. The number of ether oxygens (including phenoxy) is 1. The van der Waals surface area contributed by atoms with Gasteiger partial charge < -0.3 is 9.57 Å². The largest absolute Gasteiger partial charge is 0.489 e. The Balaban J connectivity index is 1.26. The average molecular weight is 563 g/mol. The van der Waals surface area contributed by atoms with Crippen LogP contribution in [0, 0.1) is 0 Å². The lowest BCUT2D eigenvalue weighted by molar-refractivity contribution is 0.0833. The van der Waals surface area contributed by atoms with Crippen LogP contribution in [0.2, 0.25) is 0 Å². The van der Waals surface area contributed by atoms with Crippen LogP contribution in [0.25, 0.3) is 0 Å². The molecule has 0 amide bonds. The summed E-state index contributed by atoms with van der Waals surface area (Å²) < 4.78 is 60.2. The van der Waals surface area contributed by atoms with E-state index in [0.29, 0.717) is 43.8 Å². The summed E-state index contributed by atoms with van der Waals surface area (Å²) in [4.78, 5) is 10.5. The summed E-state index contributed by atoms with van der Waals surface area (Å²) in [5.41, 5.74) is 2.27. The molecule has 5 rings (SSSR count). The van der Waals surface area contributed by atoms with E-state index in [9.17, 15) is 17.6 Å². The van der Waals surface area contributed by atoms with Gasteiger partial charge in [-0.2, -0.15) is 5.10 Å². The van der Waals surface area contributed by atoms with E-state index in [1.807, 2.05) is 49.6 Å². The van der Waals surface area contributed by atoms with Crippen LogP contribution in [0.4, 0.5) is 17.6 Å². The Morgan fingerprint density at radius 3 is 2.79 bits per heavy atom. The van der Waals surface area contributed by atoms with Gasteiger partial charge in [-0.1, -0.05) is 28.9 Å². The third-order valence-corrected chi connectivity index (χ3v) is 7.66. The van der Waals surface area contributed by atoms with Crippen molar-refractivity contribution in [2.45, 2.75) is 64.1 Å². The van der Waals surface area contributed by atoms with Gasteiger partial charge in [-0.25, -0.2) is 32.5 Å². The molecule has 207 valence electrons. The van der Waals surface area contributed by atoms with Crippen molar-refractivity contribution in [2.24, 2.45) is 5.16 Å². The Bertz CT molecular complexity index is 1350. The van der Waals surface area contributed by atoms with Crippen molar-refractivity contribution in [1.82, 2.24) is 20.1 Å². The van der Waals surface area contributed by atoms with Crippen molar-refractivity contribution in [1.29, 1.82) is 0 Å². The van der Waals surface area contributed by atoms with Crippen molar-refractivity contribution in [2.75, 3.05) is 13.2 Å². The van der Waals surface area contributed by atoms with Gasteiger partial charge in [0.15, 0.2) is 6.10 Å². The monoisotopic (exact) mass is 562 g/mol. The first-order valence-corrected chi connectivity index (χ1v) is 13.5. The number of alkyl halides is 4. The first-order valence-electron chi connectivity index (χ1n) is 12.7. The lowest BCUT2D eigenvalue weighted by Crippen LogP contribution is -2.31. The number of piperidine rings is 1. The topological polar surface area (TPSA) is 75.6 Å². The molecule has 1 aromatic carbocycles. The van der Waals surface area contributed by atoms with Gasteiger partial charge in [0, 0.05) is 29.8 Å². The molecule has 39 heavy (non-hydrogen) atoms. The number of hydrogen-bond donors (Lipinski definition) is 0. The van der Waals surface area contributed by atoms with Crippen molar-refractivity contribution < 1.29 is 27.1 Å². The molecule has 3 atom stereocenters. The van der Waals surface area contributed by atoms with Crippen LogP contribution in [0.1, 0.15) is 91.8 Å². The molecule has 0 spiro atoms. The molecule has 0 bridgehead atoms. The molecule has 0 saturated carbocycles. The normalized spacial score (nSPS) is 21.2. The standard InChI is InChI=1S/C27H28F4N5O2S/c1-15(2)8-10-37-22-6-4-3-5-17(22)23-13-18(35-38-23)20-14-39-27(33-20)16-7-9-32-24(11-16)36-21(26(30)31)12-19(34-36)25(28)29/h3-6,8,12,14,16,23-26H,7,9-11,13H2,1-2H3. The second-order valence-corrected chi connectivity index (χ2v) is 10.6. The predicted molar refractivity (Wildman–Crippen MR) is 139 cm³/mol. The first-order chi connectivity index (χ1) is 18.8. The highest BCUT2D eigenvalue weighted by atomic mass is 32.1. The summed E-state index contributed by atoms with van der Waals surface area (Å²) in [5.74, 6) is 0.670. The number of halogens is 4. The Hall–Kier alpha value is -3.25. The third-order valence-electron chi connectivity index (χ3n) is 6.66. The second-order valence-electron chi connectivity index (χ2n) is 9.69. The quantitative estimate of drug-likeness (QED) is 0.206. The fourth-order valence-corrected chi connectivity index (χ4v) is 5.62. The molecule has 0 aliphatic carbocycles. The first kappa shape index (κ1) is 27.3. The highest BCUT2D eigenvalue weighted by Gasteiger charge is 2.33. The van der Waals surface area contributed by atoms with Crippen LogP contribution >= 0.6 is 11.3 Å². The molecule has 7 nitrogen and oxygen atoms in total. The predicted octanol–water partition coefficient (Wildman–Crippen LogP) is 7.11. The van der Waals surface area contributed by atoms with E-state index in [2.05, 4.69) is 15.6 Å². The molecule has 2 aliphatic rings. The van der Waals surface area contributed by atoms with Crippen LogP contribution in [0.15, 0.2) is 52.5 Å². The van der Waals surface area contributed by atoms with Crippen molar-refractivity contribution >= 4 is 17.0 Å². The zero-order chi connectivity index (χ0) is 27.5. The molecule has 2 aromatic heterocycles. The summed E-state index contributed by atoms with van der Waals surface area (Å²) in [7, 11) is 0. The Morgan fingerprint density at radius 2 is 2.03 bits per heavy atom. The van der Waals surface area contributed by atoms with Crippen LogP contribution in [0.3, 0.4) is 0 Å². The fraction of sp³-hybridized carbons (Fsp3) is 0.444. The number of thiazole rings is 1. The van der Waals surface area contributed by atoms with Gasteiger partial charge in [-0.3, -0.25) is 0 Å². The molecule has 3 aromatic rings. The van der Waals surface area contributed by atoms with Crippen LogP contribution in [-0.2, 0) is 4.84 Å². The summed E-state index contributed by atoms with van der Waals surface area (Å²) in [6.07, 6.45) is -3.36. The Morgan fingerprint density at radius 1 is 1.21 bits per heavy atom. The fourth-order valence-electron chi connectivity index (χ4n) is 4.64. The van der Waals surface area contributed by atoms with E-state index in [4.69, 9.17) is 14.6 Å². The van der Waals surface area contributed by atoms with Gasteiger partial charge in [0.1, 0.15) is 35.6 Å². The minimum Gasteiger partial charge on any atom is -0.489 e. The SMILES string of the molecule is CC(C)=CCOc1ccccc1C1CC(c2csc(C3CC[N]C(n4nc(C(F)F)cc4C(F)F)C3)n2)=NO1. The minimum atomic E-state index is -2.93. The van der Waals surface area contributed by atoms with Crippen LogP contribution in [0.5, 0.6) is 5.75 Å². The molecular weight excluding hydrogens is 534 g/mol. The molecule has 2 aliphatic heterocycles. The summed E-state index contributed by atoms with van der Waals surface area (Å²) >= 11 is 1.46. The summed E-state index contributed by atoms with van der Waals surface area (Å²) in [6, 6.07) is 8.47. The molecule has 4 heterocycles. The van der Waals surface area contributed by atoms with Gasteiger partial charge in [-0.15, -0.1) is 11.3 Å². The number of allylic oxidation sites excluding steroid dienone is 1. The van der Waals surface area contributed by atoms with Gasteiger partial charge >= 0.3 is 0 Å². The maximum Gasteiger partial charge on any atom is 0.282 e. The molecule has 3 unspecified atom stereocenters. The van der Waals surface area contributed by atoms with Gasteiger partial charge in [0.05, 0.1) is 10.7 Å². The molecule has 12 heteroatoms. The molecular formula is C27H28F4N5O2S. The van der Waals surface area contributed by atoms with Crippen LogP contribution < -0.4 is 10.1 Å². The lowest BCUT2D eigenvalue weighted by atomic mass is 9.96. The Labute approximate surface area is 227 Å². The van der Waals surface area contributed by atoms with Gasteiger partial charge in [0.25, 0.3) is 12.9 Å². The zero-order valence-corrected chi connectivity index (χ0v) is 22.3. The highest BCUT2D eigenvalue weighted by molar-refractivity contribution is 7.10. The van der Waals surface area contributed by atoms with E-state index in [0.717, 1.165) is 27.1 Å². The summed E-state index contributed by atoms with van der Waals surface area (Å²) in [5, 5.41) is 15.2. The lowest BCUT2D eigenvalue weighted by Gasteiger charge is -2.29. The van der Waals surface area contributed by atoms with Gasteiger partial charge in [0.2, 0.25) is 0 Å². The number of benzene rings is 1. The van der Waals surface area contributed by atoms with Gasteiger partial charge in [-0.05, 0) is 44.9 Å². The second kappa shape index (κ2) is 11.9. The van der Waals surface area contributed by atoms with E-state index >= 15 is 0 Å². The maximum atomic E-state index is 13.5. The number of para-hydroxylation sites is 1. The number of hydrogen-bond acceptors (Lipinski definition) is 6. The summed E-state index contributed by atoms with van der Waals surface area (Å²) in [6.45, 7) is 4.89.